The minimum atomic E-state index is -3.77. The molecule has 2 heterocycles. The van der Waals surface area contributed by atoms with Crippen molar-refractivity contribution in [2.45, 2.75) is 37.6 Å². The number of hydrogen-bond donors (Lipinski definition) is 1. The summed E-state index contributed by atoms with van der Waals surface area (Å²) in [4.78, 5) is 15.5. The lowest BCUT2D eigenvalue weighted by Crippen LogP contribution is -2.39. The van der Waals surface area contributed by atoms with Crippen molar-refractivity contribution >= 4 is 21.4 Å². The molecule has 0 saturated carbocycles. The van der Waals surface area contributed by atoms with E-state index in [0.717, 1.165) is 30.3 Å². The Kier molecular flexibility index (Phi) is 7.28. The van der Waals surface area contributed by atoms with Gasteiger partial charge in [-0.2, -0.15) is 4.31 Å². The largest absolute Gasteiger partial charge is 0.379 e. The summed E-state index contributed by atoms with van der Waals surface area (Å²) in [6.45, 7) is 4.00. The number of imidazole rings is 1. The highest BCUT2D eigenvalue weighted by molar-refractivity contribution is 7.89. The van der Waals surface area contributed by atoms with Crippen LogP contribution in [0.2, 0.25) is 0 Å². The third-order valence-corrected chi connectivity index (χ3v) is 7.95. The molecule has 0 aliphatic carbocycles. The number of hydrogen-bond acceptors (Lipinski definition) is 6. The van der Waals surface area contributed by atoms with Crippen molar-refractivity contribution in [1.29, 1.82) is 0 Å². The second-order valence-electron chi connectivity index (χ2n) is 8.68. The summed E-state index contributed by atoms with van der Waals surface area (Å²) in [5.74, 6) is 1.13. The zero-order valence-corrected chi connectivity index (χ0v) is 19.9. The normalized spacial score (nSPS) is 16.9. The molecule has 0 radical (unpaired) electrons. The van der Waals surface area contributed by atoms with Gasteiger partial charge >= 0.3 is 0 Å². The number of rotatable bonds is 9. The molecule has 0 amide bonds. The van der Waals surface area contributed by atoms with Gasteiger partial charge in [0.1, 0.15) is 11.5 Å². The second-order valence-corrected chi connectivity index (χ2v) is 10.6. The van der Waals surface area contributed by atoms with Crippen molar-refractivity contribution in [3.8, 4) is 0 Å². The molecule has 34 heavy (non-hydrogen) atoms. The summed E-state index contributed by atoms with van der Waals surface area (Å²) in [7, 11) is -3.77. The molecule has 1 atom stereocenters. The van der Waals surface area contributed by atoms with Gasteiger partial charge in [-0.05, 0) is 36.5 Å². The maximum Gasteiger partial charge on any atom is 0.293 e. The van der Waals surface area contributed by atoms with E-state index in [-0.39, 0.29) is 22.2 Å². The van der Waals surface area contributed by atoms with Crippen molar-refractivity contribution in [2.75, 3.05) is 25.0 Å². The Hall–Kier alpha value is -3.24. The summed E-state index contributed by atoms with van der Waals surface area (Å²) in [5.41, 5.74) is 1.20. The summed E-state index contributed by atoms with van der Waals surface area (Å²) in [5, 5.41) is 14.8. The first kappa shape index (κ1) is 23.9. The fraction of sp³-hybridized carbons (Fsp3) is 0.375. The molecule has 10 heteroatoms. The molecular weight excluding hydrogens is 454 g/mol. The average molecular weight is 484 g/mol. The topological polar surface area (TPSA) is 110 Å². The number of anilines is 1. The SMILES string of the molecule is C[C@H]1CCCN(S(=O)(=O)c2ccc(NCCc3nccn3Cc3ccccc3)c([N+](=O)[O-])c2)C1. The van der Waals surface area contributed by atoms with Crippen LogP contribution in [0.1, 0.15) is 31.2 Å². The molecule has 0 spiro atoms. The lowest BCUT2D eigenvalue weighted by molar-refractivity contribution is -0.384. The highest BCUT2D eigenvalue weighted by atomic mass is 32.2. The maximum atomic E-state index is 13.0. The van der Waals surface area contributed by atoms with E-state index in [2.05, 4.69) is 10.3 Å². The number of nitrogens with one attached hydrogen (secondary N) is 1. The highest BCUT2D eigenvalue weighted by Crippen LogP contribution is 2.30. The highest BCUT2D eigenvalue weighted by Gasteiger charge is 2.30. The summed E-state index contributed by atoms with van der Waals surface area (Å²) >= 11 is 0. The van der Waals surface area contributed by atoms with Gasteiger partial charge < -0.3 is 9.88 Å². The first-order valence-corrected chi connectivity index (χ1v) is 12.8. The van der Waals surface area contributed by atoms with Crippen LogP contribution in [-0.4, -0.2) is 46.8 Å². The number of nitrogens with zero attached hydrogens (tertiary/aromatic N) is 4. The van der Waals surface area contributed by atoms with Crippen LogP contribution < -0.4 is 5.32 Å². The van der Waals surface area contributed by atoms with Crippen molar-refractivity contribution < 1.29 is 13.3 Å². The number of nitro groups is 1. The van der Waals surface area contributed by atoms with E-state index < -0.39 is 14.9 Å². The average Bonchev–Trinajstić information content (AvgIpc) is 3.26. The minimum absolute atomic E-state index is 0.0442. The lowest BCUT2D eigenvalue weighted by Gasteiger charge is -2.30. The Balaban J connectivity index is 1.45. The molecule has 1 aliphatic heterocycles. The van der Waals surface area contributed by atoms with E-state index in [0.29, 0.717) is 32.6 Å². The Labute approximate surface area is 199 Å². The molecule has 1 aliphatic rings. The van der Waals surface area contributed by atoms with Crippen LogP contribution in [0.4, 0.5) is 11.4 Å². The molecule has 1 aromatic heterocycles. The molecule has 3 aromatic rings. The van der Waals surface area contributed by atoms with Crippen molar-refractivity contribution in [1.82, 2.24) is 13.9 Å². The second kappa shape index (κ2) is 10.4. The molecule has 1 saturated heterocycles. The van der Waals surface area contributed by atoms with Crippen LogP contribution in [0.3, 0.4) is 0 Å². The number of benzene rings is 2. The standard InChI is InChI=1S/C24H29N5O4S/c1-19-6-5-14-28(17-19)34(32,33)21-9-10-22(23(16-21)29(30)31)25-12-11-24-26-13-15-27(24)18-20-7-3-2-4-8-20/h2-4,7-10,13,15-16,19,25H,5-6,11-12,14,17-18H2,1H3/t19-/m0/s1. The van der Waals surface area contributed by atoms with Gasteiger partial charge in [-0.15, -0.1) is 0 Å². The summed E-state index contributed by atoms with van der Waals surface area (Å²) in [6, 6.07) is 14.1. The Bertz CT molecular complexity index is 1240. The first-order valence-electron chi connectivity index (χ1n) is 11.4. The molecule has 2 aromatic carbocycles. The van der Waals surface area contributed by atoms with Crippen molar-refractivity contribution in [2.24, 2.45) is 5.92 Å². The van der Waals surface area contributed by atoms with Crippen LogP contribution in [-0.2, 0) is 23.0 Å². The molecular formula is C24H29N5O4S. The first-order chi connectivity index (χ1) is 16.3. The third kappa shape index (κ3) is 5.45. The van der Waals surface area contributed by atoms with Gasteiger partial charge in [0.25, 0.3) is 5.69 Å². The van der Waals surface area contributed by atoms with E-state index in [1.54, 1.807) is 6.20 Å². The van der Waals surface area contributed by atoms with E-state index >= 15 is 0 Å². The molecule has 9 nitrogen and oxygen atoms in total. The number of sulfonamides is 1. The number of aromatic nitrogens is 2. The Morgan fingerprint density at radius 2 is 2.00 bits per heavy atom. The Morgan fingerprint density at radius 1 is 1.21 bits per heavy atom. The summed E-state index contributed by atoms with van der Waals surface area (Å²) in [6.07, 6.45) is 5.98. The monoisotopic (exact) mass is 483 g/mol. The molecule has 0 unspecified atom stereocenters. The quantitative estimate of drug-likeness (QED) is 0.365. The predicted octanol–water partition coefficient (Wildman–Crippen LogP) is 3.91. The van der Waals surface area contributed by atoms with Crippen LogP contribution in [0.5, 0.6) is 0 Å². The van der Waals surface area contributed by atoms with Gasteiger partial charge in [-0.3, -0.25) is 10.1 Å². The fourth-order valence-corrected chi connectivity index (χ4v) is 5.91. The van der Waals surface area contributed by atoms with Crippen molar-refractivity contribution in [3.05, 3.63) is 82.4 Å². The molecule has 1 N–H and O–H groups in total. The number of piperidine rings is 1. The molecule has 0 bridgehead atoms. The van der Waals surface area contributed by atoms with Gasteiger partial charge in [0.15, 0.2) is 0 Å². The minimum Gasteiger partial charge on any atom is -0.379 e. The zero-order chi connectivity index (χ0) is 24.1. The molecule has 4 rings (SSSR count). The maximum absolute atomic E-state index is 13.0. The number of nitro benzene ring substituents is 1. The smallest absolute Gasteiger partial charge is 0.293 e. The van der Waals surface area contributed by atoms with Crippen LogP contribution in [0.15, 0.2) is 65.8 Å². The third-order valence-electron chi connectivity index (χ3n) is 6.08. The van der Waals surface area contributed by atoms with Gasteiger partial charge in [-0.25, -0.2) is 13.4 Å². The van der Waals surface area contributed by atoms with E-state index in [4.69, 9.17) is 0 Å². The van der Waals surface area contributed by atoms with Gasteiger partial charge in [-0.1, -0.05) is 37.3 Å². The fourth-order valence-electron chi connectivity index (χ4n) is 4.29. The van der Waals surface area contributed by atoms with E-state index in [9.17, 15) is 18.5 Å². The van der Waals surface area contributed by atoms with Gasteiger partial charge in [0, 0.05) is 51.1 Å². The van der Waals surface area contributed by atoms with Crippen LogP contribution in [0.25, 0.3) is 0 Å². The van der Waals surface area contributed by atoms with Crippen molar-refractivity contribution in [3.63, 3.8) is 0 Å². The van der Waals surface area contributed by atoms with Gasteiger partial charge in [0.05, 0.1) is 9.82 Å². The lowest BCUT2D eigenvalue weighted by atomic mass is 10.0. The zero-order valence-electron chi connectivity index (χ0n) is 19.1. The van der Waals surface area contributed by atoms with E-state index in [1.165, 1.54) is 16.4 Å². The predicted molar refractivity (Wildman–Crippen MR) is 130 cm³/mol. The van der Waals surface area contributed by atoms with Crippen LogP contribution >= 0.6 is 0 Å². The molecule has 1 fully saturated rings. The van der Waals surface area contributed by atoms with E-state index in [1.807, 2.05) is 48.0 Å². The van der Waals surface area contributed by atoms with Crippen LogP contribution in [0, 0.1) is 16.0 Å². The summed E-state index contributed by atoms with van der Waals surface area (Å²) < 4.78 is 29.6. The van der Waals surface area contributed by atoms with Gasteiger partial charge in [0.2, 0.25) is 10.0 Å². The Morgan fingerprint density at radius 3 is 2.74 bits per heavy atom. The molecule has 180 valence electrons.